The maximum absolute atomic E-state index is 9.06. The van der Waals surface area contributed by atoms with Gasteiger partial charge in [-0.05, 0) is 18.2 Å². The average Bonchev–Trinajstić information content (AvgIpc) is 2.93. The summed E-state index contributed by atoms with van der Waals surface area (Å²) in [6, 6.07) is 6.53. The second-order valence-electron chi connectivity index (χ2n) is 6.18. The molecule has 0 saturated carbocycles. The number of fused-ring (bicyclic) bond motifs is 4. The minimum Gasteiger partial charge on any atom is -0.450 e. The average molecular weight is 346 g/mol. The molecule has 3 aromatic rings. The van der Waals surface area contributed by atoms with Crippen molar-refractivity contribution in [3.8, 4) is 0 Å². The lowest BCUT2D eigenvalue weighted by Gasteiger charge is -2.56. The first kappa shape index (κ1) is 14.3. The fourth-order valence-electron chi connectivity index (χ4n) is 3.40. The molecular weight excluding hydrogens is 330 g/mol. The number of anilines is 2. The summed E-state index contributed by atoms with van der Waals surface area (Å²) in [7, 11) is 0. The van der Waals surface area contributed by atoms with Crippen LogP contribution in [0.4, 0.5) is 11.8 Å². The summed E-state index contributed by atoms with van der Waals surface area (Å²) in [5, 5.41) is 17.0. The Morgan fingerprint density at radius 2 is 2.33 bits per heavy atom. The SMILES string of the molecule is OCCNc1nc(N2CC3NC[C@@H]32)c2oc3ccc(Cl)cc3c2n1. The molecule has 5 rings (SSSR count). The number of piperazine rings is 1. The number of nitrogens with one attached hydrogen (secondary N) is 2. The van der Waals surface area contributed by atoms with Crippen LogP contribution in [-0.2, 0) is 0 Å². The van der Waals surface area contributed by atoms with Crippen molar-refractivity contribution in [2.45, 2.75) is 12.1 Å². The van der Waals surface area contributed by atoms with Gasteiger partial charge >= 0.3 is 0 Å². The van der Waals surface area contributed by atoms with E-state index in [1.807, 2.05) is 12.1 Å². The summed E-state index contributed by atoms with van der Waals surface area (Å²) >= 11 is 6.14. The molecule has 0 amide bonds. The lowest BCUT2D eigenvalue weighted by molar-refractivity contribution is 0.212. The van der Waals surface area contributed by atoms with Crippen LogP contribution >= 0.6 is 11.6 Å². The second-order valence-corrected chi connectivity index (χ2v) is 6.61. The lowest BCUT2D eigenvalue weighted by atomic mass is 9.89. The van der Waals surface area contributed by atoms with Crippen LogP contribution in [-0.4, -0.2) is 53.4 Å². The van der Waals surface area contributed by atoms with Crippen LogP contribution in [0.3, 0.4) is 0 Å². The molecule has 0 aliphatic carbocycles. The van der Waals surface area contributed by atoms with Crippen molar-refractivity contribution in [3.05, 3.63) is 23.2 Å². The fourth-order valence-corrected chi connectivity index (χ4v) is 3.57. The molecule has 2 aliphatic rings. The van der Waals surface area contributed by atoms with Crippen molar-refractivity contribution in [1.82, 2.24) is 15.3 Å². The fraction of sp³-hybridized carbons (Fsp3) is 0.375. The van der Waals surface area contributed by atoms with Crippen LogP contribution in [0.2, 0.25) is 5.02 Å². The summed E-state index contributed by atoms with van der Waals surface area (Å²) < 4.78 is 6.04. The van der Waals surface area contributed by atoms with Crippen molar-refractivity contribution < 1.29 is 9.52 Å². The molecule has 1 aromatic carbocycles. The Kier molecular flexibility index (Phi) is 3.09. The van der Waals surface area contributed by atoms with Crippen molar-refractivity contribution in [2.75, 3.05) is 36.5 Å². The third-order valence-corrected chi connectivity index (χ3v) is 5.01. The van der Waals surface area contributed by atoms with Gasteiger partial charge in [0, 0.05) is 36.1 Å². The molecule has 2 aromatic heterocycles. The van der Waals surface area contributed by atoms with Crippen molar-refractivity contribution in [1.29, 1.82) is 0 Å². The van der Waals surface area contributed by atoms with E-state index < -0.39 is 0 Å². The zero-order chi connectivity index (χ0) is 16.3. The number of halogens is 1. The standard InChI is InChI=1S/C16H16ClN5O2/c17-8-1-2-12-9(5-8)13-14(24-12)15(21-16(20-13)18-3-4-23)22-7-10-11(22)6-19-10/h1-2,5,10-11,19,23H,3-4,6-7H2,(H,18,20,21)/t10?,11-/m0/s1. The second kappa shape index (κ2) is 5.20. The molecule has 2 saturated heterocycles. The first-order valence-electron chi connectivity index (χ1n) is 7.99. The number of hydrogen-bond donors (Lipinski definition) is 3. The van der Waals surface area contributed by atoms with E-state index in [1.54, 1.807) is 6.07 Å². The minimum absolute atomic E-state index is 0.0209. The number of aliphatic hydroxyl groups excluding tert-OH is 1. The zero-order valence-corrected chi connectivity index (χ0v) is 13.5. The predicted octanol–water partition coefficient (Wildman–Crippen LogP) is 1.59. The molecule has 1 unspecified atom stereocenters. The number of hydrogen-bond acceptors (Lipinski definition) is 7. The maximum Gasteiger partial charge on any atom is 0.225 e. The van der Waals surface area contributed by atoms with E-state index in [1.165, 1.54) is 0 Å². The number of aliphatic hydroxyl groups is 1. The Morgan fingerprint density at radius 3 is 3.04 bits per heavy atom. The van der Waals surface area contributed by atoms with E-state index in [0.29, 0.717) is 35.2 Å². The third-order valence-electron chi connectivity index (χ3n) is 4.77. The van der Waals surface area contributed by atoms with E-state index in [9.17, 15) is 0 Å². The number of furan rings is 1. The Hall–Kier alpha value is -2.09. The van der Waals surface area contributed by atoms with Crippen molar-refractivity contribution >= 4 is 45.4 Å². The first-order valence-corrected chi connectivity index (χ1v) is 8.37. The van der Waals surface area contributed by atoms with Crippen LogP contribution in [0.15, 0.2) is 22.6 Å². The molecule has 4 heterocycles. The van der Waals surface area contributed by atoms with Gasteiger partial charge in [-0.25, -0.2) is 4.98 Å². The molecular formula is C16H16ClN5O2. The van der Waals surface area contributed by atoms with Gasteiger partial charge in [0.2, 0.25) is 5.95 Å². The number of benzene rings is 1. The maximum atomic E-state index is 9.06. The van der Waals surface area contributed by atoms with Crippen LogP contribution in [0.1, 0.15) is 0 Å². The van der Waals surface area contributed by atoms with Gasteiger partial charge in [-0.2, -0.15) is 4.98 Å². The minimum atomic E-state index is 0.0209. The van der Waals surface area contributed by atoms with Crippen LogP contribution in [0.25, 0.3) is 22.1 Å². The molecule has 0 bridgehead atoms. The van der Waals surface area contributed by atoms with Crippen LogP contribution < -0.4 is 15.5 Å². The van der Waals surface area contributed by atoms with Gasteiger partial charge in [0.25, 0.3) is 0 Å². The highest BCUT2D eigenvalue weighted by atomic mass is 35.5. The largest absolute Gasteiger partial charge is 0.450 e. The highest BCUT2D eigenvalue weighted by Gasteiger charge is 2.47. The highest BCUT2D eigenvalue weighted by molar-refractivity contribution is 6.31. The number of nitrogens with zero attached hydrogens (tertiary/aromatic N) is 3. The van der Waals surface area contributed by atoms with Crippen LogP contribution in [0, 0.1) is 0 Å². The first-order chi connectivity index (χ1) is 11.7. The van der Waals surface area contributed by atoms with Crippen molar-refractivity contribution in [2.24, 2.45) is 0 Å². The summed E-state index contributed by atoms with van der Waals surface area (Å²) in [6.07, 6.45) is 0. The summed E-state index contributed by atoms with van der Waals surface area (Å²) in [5.74, 6) is 1.29. The third kappa shape index (κ3) is 1.98. The molecule has 3 N–H and O–H groups in total. The summed E-state index contributed by atoms with van der Waals surface area (Å²) in [5.41, 5.74) is 2.17. The van der Waals surface area contributed by atoms with E-state index in [4.69, 9.17) is 21.1 Å². The van der Waals surface area contributed by atoms with Gasteiger partial charge in [0.15, 0.2) is 11.4 Å². The van der Waals surface area contributed by atoms with E-state index in [-0.39, 0.29) is 6.61 Å². The Morgan fingerprint density at radius 1 is 1.42 bits per heavy atom. The van der Waals surface area contributed by atoms with Gasteiger partial charge in [-0.1, -0.05) is 11.6 Å². The molecule has 2 fully saturated rings. The molecule has 24 heavy (non-hydrogen) atoms. The predicted molar refractivity (Wildman–Crippen MR) is 92.8 cm³/mol. The number of aromatic nitrogens is 2. The van der Waals surface area contributed by atoms with E-state index >= 15 is 0 Å². The Balaban J connectivity index is 1.71. The summed E-state index contributed by atoms with van der Waals surface area (Å²) in [6.45, 7) is 2.29. The van der Waals surface area contributed by atoms with Crippen molar-refractivity contribution in [3.63, 3.8) is 0 Å². The molecule has 2 atom stereocenters. The molecule has 7 nitrogen and oxygen atoms in total. The summed E-state index contributed by atoms with van der Waals surface area (Å²) in [4.78, 5) is 11.5. The smallest absolute Gasteiger partial charge is 0.225 e. The zero-order valence-electron chi connectivity index (χ0n) is 12.8. The normalized spacial score (nSPS) is 22.3. The molecule has 0 radical (unpaired) electrons. The molecule has 124 valence electrons. The van der Waals surface area contributed by atoms with Gasteiger partial charge in [-0.3, -0.25) is 0 Å². The van der Waals surface area contributed by atoms with Crippen LogP contribution in [0.5, 0.6) is 0 Å². The quantitative estimate of drug-likeness (QED) is 0.662. The van der Waals surface area contributed by atoms with Gasteiger partial charge in [0.1, 0.15) is 11.1 Å². The monoisotopic (exact) mass is 345 g/mol. The molecule has 2 aliphatic heterocycles. The van der Waals surface area contributed by atoms with Gasteiger partial charge in [0.05, 0.1) is 12.6 Å². The lowest BCUT2D eigenvalue weighted by Crippen LogP contribution is -2.78. The van der Waals surface area contributed by atoms with E-state index in [2.05, 4.69) is 25.5 Å². The van der Waals surface area contributed by atoms with Gasteiger partial charge < -0.3 is 25.1 Å². The molecule has 8 heteroatoms. The van der Waals surface area contributed by atoms with E-state index in [0.717, 1.165) is 35.4 Å². The Bertz CT molecular complexity index is 943. The topological polar surface area (TPSA) is 86.5 Å². The van der Waals surface area contributed by atoms with Gasteiger partial charge in [-0.15, -0.1) is 0 Å². The molecule has 0 spiro atoms. The Labute approximate surface area is 142 Å². The highest BCUT2D eigenvalue weighted by Crippen LogP contribution is 2.39. The number of rotatable bonds is 4.